The highest BCUT2D eigenvalue weighted by Gasteiger charge is 2.03. The predicted octanol–water partition coefficient (Wildman–Crippen LogP) is 2.18. The first kappa shape index (κ1) is 17.0. The lowest BCUT2D eigenvalue weighted by Gasteiger charge is -2.08. The van der Waals surface area contributed by atoms with Gasteiger partial charge in [-0.05, 0) is 12.0 Å². The molecule has 0 bridgehead atoms. The molecule has 5 nitrogen and oxygen atoms in total. The Labute approximate surface area is 126 Å². The monoisotopic (exact) mass is 291 g/mol. The summed E-state index contributed by atoms with van der Waals surface area (Å²) in [6.45, 7) is 3.67. The van der Waals surface area contributed by atoms with E-state index in [0.29, 0.717) is 26.1 Å². The van der Waals surface area contributed by atoms with E-state index in [-0.39, 0.29) is 11.9 Å². The molecule has 1 aromatic carbocycles. The molecule has 0 aliphatic rings. The first-order valence-corrected chi connectivity index (χ1v) is 7.54. The number of urea groups is 1. The molecular formula is C16H25N3O2. The Kier molecular flexibility index (Phi) is 8.68. The van der Waals surface area contributed by atoms with Crippen molar-refractivity contribution in [2.75, 3.05) is 13.1 Å². The molecule has 5 heteroatoms. The molecule has 0 radical (unpaired) electrons. The third-order valence-electron chi connectivity index (χ3n) is 3.04. The van der Waals surface area contributed by atoms with Gasteiger partial charge in [-0.2, -0.15) is 0 Å². The maximum atomic E-state index is 11.5. The Morgan fingerprint density at radius 2 is 1.71 bits per heavy atom. The molecule has 0 saturated heterocycles. The Morgan fingerprint density at radius 1 is 0.952 bits per heavy atom. The van der Waals surface area contributed by atoms with Crippen molar-refractivity contribution >= 4 is 11.9 Å². The molecular weight excluding hydrogens is 266 g/mol. The fraction of sp³-hybridized carbons (Fsp3) is 0.500. The van der Waals surface area contributed by atoms with Crippen LogP contribution in [-0.2, 0) is 11.3 Å². The number of carbonyl (C=O) groups excluding carboxylic acids is 2. The summed E-state index contributed by atoms with van der Waals surface area (Å²) in [5.41, 5.74) is 1.04. The normalized spacial score (nSPS) is 9.95. The number of benzene rings is 1. The molecule has 0 atom stereocenters. The van der Waals surface area contributed by atoms with E-state index in [4.69, 9.17) is 0 Å². The van der Waals surface area contributed by atoms with E-state index in [0.717, 1.165) is 24.8 Å². The van der Waals surface area contributed by atoms with Gasteiger partial charge in [0.2, 0.25) is 5.91 Å². The summed E-state index contributed by atoms with van der Waals surface area (Å²) in [6, 6.07) is 9.43. The first-order valence-electron chi connectivity index (χ1n) is 7.54. The van der Waals surface area contributed by atoms with E-state index in [1.54, 1.807) is 0 Å². The number of carbonyl (C=O) groups is 2. The van der Waals surface area contributed by atoms with Crippen molar-refractivity contribution in [1.29, 1.82) is 0 Å². The molecule has 0 spiro atoms. The Balaban J connectivity index is 2.04. The predicted molar refractivity (Wildman–Crippen MR) is 83.8 cm³/mol. The third kappa shape index (κ3) is 8.68. The maximum absolute atomic E-state index is 11.5. The second kappa shape index (κ2) is 10.7. The van der Waals surface area contributed by atoms with Gasteiger partial charge in [-0.25, -0.2) is 4.79 Å². The number of rotatable bonds is 9. The number of hydrogen-bond donors (Lipinski definition) is 3. The van der Waals surface area contributed by atoms with E-state index in [1.807, 2.05) is 30.3 Å². The van der Waals surface area contributed by atoms with Crippen molar-refractivity contribution in [1.82, 2.24) is 16.0 Å². The summed E-state index contributed by atoms with van der Waals surface area (Å²) in [7, 11) is 0. The molecule has 116 valence electrons. The molecule has 3 N–H and O–H groups in total. The summed E-state index contributed by atoms with van der Waals surface area (Å²) in [5.74, 6) is -0.0190. The summed E-state index contributed by atoms with van der Waals surface area (Å²) >= 11 is 0. The molecule has 3 amide bonds. The van der Waals surface area contributed by atoms with Gasteiger partial charge in [0.15, 0.2) is 0 Å². The highest BCUT2D eigenvalue weighted by molar-refractivity contribution is 5.78. The molecule has 0 heterocycles. The number of unbranched alkanes of at least 4 members (excludes halogenated alkanes) is 2. The first-order chi connectivity index (χ1) is 10.2. The zero-order valence-electron chi connectivity index (χ0n) is 12.7. The van der Waals surface area contributed by atoms with Crippen LogP contribution in [-0.4, -0.2) is 25.0 Å². The minimum Gasteiger partial charge on any atom is -0.356 e. The number of hydrogen-bond acceptors (Lipinski definition) is 2. The summed E-state index contributed by atoms with van der Waals surface area (Å²) in [4.78, 5) is 23.0. The SMILES string of the molecule is CCCCCNC(=O)CCNC(=O)NCc1ccccc1. The summed E-state index contributed by atoms with van der Waals surface area (Å²) in [5, 5.41) is 8.26. The van der Waals surface area contributed by atoms with Crippen molar-refractivity contribution in [2.45, 2.75) is 39.2 Å². The average molecular weight is 291 g/mol. The third-order valence-corrected chi connectivity index (χ3v) is 3.04. The van der Waals surface area contributed by atoms with Gasteiger partial charge in [-0.1, -0.05) is 50.1 Å². The van der Waals surface area contributed by atoms with Crippen LogP contribution in [0, 0.1) is 0 Å². The highest BCUT2D eigenvalue weighted by atomic mass is 16.2. The zero-order valence-corrected chi connectivity index (χ0v) is 12.7. The van der Waals surface area contributed by atoms with Crippen molar-refractivity contribution < 1.29 is 9.59 Å². The van der Waals surface area contributed by atoms with Gasteiger partial charge in [-0.3, -0.25) is 4.79 Å². The van der Waals surface area contributed by atoms with Crippen molar-refractivity contribution in [3.8, 4) is 0 Å². The molecule has 0 aliphatic carbocycles. The van der Waals surface area contributed by atoms with Crippen LogP contribution < -0.4 is 16.0 Å². The van der Waals surface area contributed by atoms with E-state index in [2.05, 4.69) is 22.9 Å². The van der Waals surface area contributed by atoms with Crippen LogP contribution in [0.1, 0.15) is 38.2 Å². The van der Waals surface area contributed by atoms with Crippen LogP contribution in [0.5, 0.6) is 0 Å². The van der Waals surface area contributed by atoms with Gasteiger partial charge in [0.05, 0.1) is 0 Å². The Morgan fingerprint density at radius 3 is 2.43 bits per heavy atom. The van der Waals surface area contributed by atoms with Crippen LogP contribution in [0.15, 0.2) is 30.3 Å². The smallest absolute Gasteiger partial charge is 0.315 e. The van der Waals surface area contributed by atoms with Crippen LogP contribution >= 0.6 is 0 Å². The fourth-order valence-electron chi connectivity index (χ4n) is 1.82. The van der Waals surface area contributed by atoms with Crippen LogP contribution in [0.4, 0.5) is 4.79 Å². The molecule has 1 rings (SSSR count). The average Bonchev–Trinajstić information content (AvgIpc) is 2.50. The van der Waals surface area contributed by atoms with E-state index in [1.165, 1.54) is 0 Å². The molecule has 1 aromatic rings. The topological polar surface area (TPSA) is 70.2 Å². The number of amides is 3. The molecule has 0 aliphatic heterocycles. The second-order valence-electron chi connectivity index (χ2n) is 4.90. The van der Waals surface area contributed by atoms with E-state index < -0.39 is 0 Å². The van der Waals surface area contributed by atoms with Gasteiger partial charge < -0.3 is 16.0 Å². The quantitative estimate of drug-likeness (QED) is 0.610. The molecule has 0 aromatic heterocycles. The lowest BCUT2D eigenvalue weighted by Crippen LogP contribution is -2.37. The Bertz CT molecular complexity index is 421. The van der Waals surface area contributed by atoms with E-state index in [9.17, 15) is 9.59 Å². The fourth-order valence-corrected chi connectivity index (χ4v) is 1.82. The van der Waals surface area contributed by atoms with Crippen molar-refractivity contribution in [3.63, 3.8) is 0 Å². The molecule has 21 heavy (non-hydrogen) atoms. The zero-order chi connectivity index (χ0) is 15.3. The molecule has 0 fully saturated rings. The summed E-state index contributed by atoms with van der Waals surface area (Å²) in [6.07, 6.45) is 3.58. The standard InChI is InChI=1S/C16H25N3O2/c1-2-3-7-11-17-15(20)10-12-18-16(21)19-13-14-8-5-4-6-9-14/h4-6,8-9H,2-3,7,10-13H2,1H3,(H,17,20)(H2,18,19,21). The van der Waals surface area contributed by atoms with Crippen molar-refractivity contribution in [3.05, 3.63) is 35.9 Å². The largest absolute Gasteiger partial charge is 0.356 e. The maximum Gasteiger partial charge on any atom is 0.315 e. The highest BCUT2D eigenvalue weighted by Crippen LogP contribution is 1.96. The summed E-state index contributed by atoms with van der Waals surface area (Å²) < 4.78 is 0. The van der Waals surface area contributed by atoms with Crippen LogP contribution in [0.2, 0.25) is 0 Å². The minimum absolute atomic E-state index is 0.0190. The lowest BCUT2D eigenvalue weighted by atomic mass is 10.2. The minimum atomic E-state index is -0.252. The van der Waals surface area contributed by atoms with Crippen molar-refractivity contribution in [2.24, 2.45) is 0 Å². The lowest BCUT2D eigenvalue weighted by molar-refractivity contribution is -0.120. The number of nitrogens with one attached hydrogen (secondary N) is 3. The Hall–Kier alpha value is -2.04. The second-order valence-corrected chi connectivity index (χ2v) is 4.90. The molecule has 0 unspecified atom stereocenters. The van der Waals surface area contributed by atoms with Gasteiger partial charge in [0, 0.05) is 26.1 Å². The van der Waals surface area contributed by atoms with Gasteiger partial charge >= 0.3 is 6.03 Å². The van der Waals surface area contributed by atoms with Gasteiger partial charge in [0.25, 0.3) is 0 Å². The van der Waals surface area contributed by atoms with Crippen LogP contribution in [0.3, 0.4) is 0 Å². The van der Waals surface area contributed by atoms with E-state index >= 15 is 0 Å². The van der Waals surface area contributed by atoms with Gasteiger partial charge in [-0.15, -0.1) is 0 Å². The van der Waals surface area contributed by atoms with Gasteiger partial charge in [0.1, 0.15) is 0 Å². The molecule has 0 saturated carbocycles. The van der Waals surface area contributed by atoms with Crippen LogP contribution in [0.25, 0.3) is 0 Å².